The van der Waals surface area contributed by atoms with E-state index >= 15 is 0 Å². The van der Waals surface area contributed by atoms with Crippen LogP contribution in [0.4, 0.5) is 17.6 Å². The van der Waals surface area contributed by atoms with Gasteiger partial charge in [-0.25, -0.2) is 8.78 Å². The first-order valence-electron chi connectivity index (χ1n) is 5.57. The molecule has 17 heavy (non-hydrogen) atoms. The Labute approximate surface area is 97.2 Å². The number of nitrogens with one attached hydrogen (secondary N) is 1. The van der Waals surface area contributed by atoms with Crippen LogP contribution in [0.5, 0.6) is 0 Å². The molecule has 0 aliphatic carbocycles. The van der Waals surface area contributed by atoms with Crippen molar-refractivity contribution in [1.82, 2.24) is 10.2 Å². The van der Waals surface area contributed by atoms with E-state index in [1.54, 1.807) is 0 Å². The second-order valence-corrected chi connectivity index (χ2v) is 4.11. The van der Waals surface area contributed by atoms with E-state index in [4.69, 9.17) is 0 Å². The Morgan fingerprint density at radius 1 is 1.41 bits per heavy atom. The molecule has 0 atom stereocenters. The van der Waals surface area contributed by atoms with E-state index in [2.05, 4.69) is 4.90 Å². The van der Waals surface area contributed by atoms with E-state index in [-0.39, 0.29) is 0 Å². The molecule has 0 aromatic rings. The van der Waals surface area contributed by atoms with Crippen LogP contribution in [0.15, 0.2) is 0 Å². The fourth-order valence-electron chi connectivity index (χ4n) is 1.77. The van der Waals surface area contributed by atoms with Crippen molar-refractivity contribution in [3.05, 3.63) is 0 Å². The maximum absolute atomic E-state index is 12.7. The quantitative estimate of drug-likeness (QED) is 0.773. The number of hydrogen-bond donors (Lipinski definition) is 1. The minimum Gasteiger partial charge on any atom is -0.348 e. The maximum atomic E-state index is 12.7. The fraction of sp³-hybridized carbons (Fsp3) is 0.900. The van der Waals surface area contributed by atoms with Crippen LogP contribution >= 0.6 is 0 Å². The lowest BCUT2D eigenvalue weighted by Crippen LogP contribution is -2.51. The number of hydrogen-bond acceptors (Lipinski definition) is 2. The molecule has 1 N–H and O–H groups in total. The lowest BCUT2D eigenvalue weighted by Gasteiger charge is -2.32. The third-order valence-electron chi connectivity index (χ3n) is 2.95. The molecule has 1 aliphatic rings. The molecule has 7 heteroatoms. The first-order valence-corrected chi connectivity index (χ1v) is 5.57. The average Bonchev–Trinajstić information content (AvgIpc) is 2.29. The molecule has 1 rings (SSSR count). The molecule has 0 saturated carbocycles. The number of amides is 1. The Balaban J connectivity index is 2.43. The second kappa shape index (κ2) is 5.66. The molecule has 1 heterocycles. The molecular weight excluding hydrogens is 240 g/mol. The summed E-state index contributed by atoms with van der Waals surface area (Å²) in [6.45, 7) is 4.20. The molecule has 0 aromatic heterocycles. The van der Waals surface area contributed by atoms with E-state index in [0.29, 0.717) is 25.9 Å². The van der Waals surface area contributed by atoms with Crippen LogP contribution < -0.4 is 5.32 Å². The van der Waals surface area contributed by atoms with Crippen LogP contribution in [0.2, 0.25) is 0 Å². The molecule has 1 aliphatic heterocycles. The van der Waals surface area contributed by atoms with Crippen molar-refractivity contribution in [3.63, 3.8) is 0 Å². The van der Waals surface area contributed by atoms with E-state index in [1.807, 2.05) is 12.2 Å². The summed E-state index contributed by atoms with van der Waals surface area (Å²) in [6, 6.07) is -0.435. The van der Waals surface area contributed by atoms with Gasteiger partial charge >= 0.3 is 12.3 Å². The Bertz CT molecular complexity index is 265. The second-order valence-electron chi connectivity index (χ2n) is 4.11. The van der Waals surface area contributed by atoms with Crippen molar-refractivity contribution in [3.8, 4) is 0 Å². The Kier molecular flexibility index (Phi) is 4.73. The number of carbonyl (C=O) groups is 1. The summed E-state index contributed by atoms with van der Waals surface area (Å²) in [4.78, 5) is 13.1. The van der Waals surface area contributed by atoms with Gasteiger partial charge in [0.15, 0.2) is 0 Å². The van der Waals surface area contributed by atoms with Crippen molar-refractivity contribution in [2.24, 2.45) is 0 Å². The summed E-state index contributed by atoms with van der Waals surface area (Å²) < 4.78 is 49.2. The van der Waals surface area contributed by atoms with Crippen LogP contribution in [0.25, 0.3) is 0 Å². The highest BCUT2D eigenvalue weighted by Crippen LogP contribution is 2.23. The summed E-state index contributed by atoms with van der Waals surface area (Å²) in [7, 11) is 0. The molecule has 0 bridgehead atoms. The molecule has 0 radical (unpaired) electrons. The van der Waals surface area contributed by atoms with Gasteiger partial charge in [-0.15, -0.1) is 0 Å². The van der Waals surface area contributed by atoms with Gasteiger partial charge in [0.05, 0.1) is 0 Å². The third kappa shape index (κ3) is 3.55. The predicted molar refractivity (Wildman–Crippen MR) is 54.2 cm³/mol. The summed E-state index contributed by atoms with van der Waals surface area (Å²) in [5.41, 5.74) is 0. The zero-order chi connectivity index (χ0) is 13.1. The Hall–Kier alpha value is -0.850. The summed E-state index contributed by atoms with van der Waals surface area (Å²) in [5.74, 6) is -6.47. The zero-order valence-corrected chi connectivity index (χ0v) is 9.56. The zero-order valence-electron chi connectivity index (χ0n) is 9.56. The minimum absolute atomic E-state index is 0.435. The van der Waals surface area contributed by atoms with Crippen LogP contribution in [-0.4, -0.2) is 48.8 Å². The van der Waals surface area contributed by atoms with Gasteiger partial charge in [-0.2, -0.15) is 8.78 Å². The van der Waals surface area contributed by atoms with E-state index in [0.717, 1.165) is 6.54 Å². The number of rotatable bonds is 4. The molecule has 0 unspecified atom stereocenters. The third-order valence-corrected chi connectivity index (χ3v) is 2.95. The standard InChI is InChI=1S/C10H16F4N2O/c1-2-16-5-3-7(4-6-16)15-9(17)10(13,14)8(11)12/h7-8H,2-6H2,1H3,(H,15,17). The smallest absolute Gasteiger partial charge is 0.348 e. The lowest BCUT2D eigenvalue weighted by atomic mass is 10.0. The number of halogens is 4. The monoisotopic (exact) mass is 256 g/mol. The first kappa shape index (κ1) is 14.2. The van der Waals surface area contributed by atoms with Gasteiger partial charge in [0.2, 0.25) is 0 Å². The highest BCUT2D eigenvalue weighted by molar-refractivity contribution is 5.84. The largest absolute Gasteiger partial charge is 0.383 e. The minimum atomic E-state index is -4.60. The Morgan fingerprint density at radius 2 is 1.94 bits per heavy atom. The number of carbonyl (C=O) groups excluding carboxylic acids is 1. The van der Waals surface area contributed by atoms with Crippen molar-refractivity contribution >= 4 is 5.91 Å². The number of nitrogens with zero attached hydrogens (tertiary/aromatic N) is 1. The number of piperidine rings is 1. The molecule has 1 fully saturated rings. The van der Waals surface area contributed by atoms with Crippen LogP contribution in [0.1, 0.15) is 19.8 Å². The summed E-state index contributed by atoms with van der Waals surface area (Å²) >= 11 is 0. The molecular formula is C10H16F4N2O. The van der Waals surface area contributed by atoms with Crippen LogP contribution in [-0.2, 0) is 4.79 Å². The van der Waals surface area contributed by atoms with Crippen LogP contribution in [0.3, 0.4) is 0 Å². The molecule has 1 amide bonds. The number of likely N-dealkylation sites (tertiary alicyclic amines) is 1. The summed E-state index contributed by atoms with van der Waals surface area (Å²) in [6.07, 6.45) is -2.93. The van der Waals surface area contributed by atoms with E-state index in [9.17, 15) is 22.4 Å². The molecule has 1 saturated heterocycles. The lowest BCUT2D eigenvalue weighted by molar-refractivity contribution is -0.170. The van der Waals surface area contributed by atoms with E-state index in [1.165, 1.54) is 0 Å². The molecule has 3 nitrogen and oxygen atoms in total. The van der Waals surface area contributed by atoms with Gasteiger partial charge < -0.3 is 10.2 Å². The van der Waals surface area contributed by atoms with Crippen molar-refractivity contribution in [1.29, 1.82) is 0 Å². The topological polar surface area (TPSA) is 32.3 Å². The molecule has 0 aromatic carbocycles. The van der Waals surface area contributed by atoms with Gasteiger partial charge in [0.1, 0.15) is 0 Å². The highest BCUT2D eigenvalue weighted by atomic mass is 19.3. The highest BCUT2D eigenvalue weighted by Gasteiger charge is 2.49. The van der Waals surface area contributed by atoms with Gasteiger partial charge in [0.25, 0.3) is 5.91 Å². The average molecular weight is 256 g/mol. The summed E-state index contributed by atoms with van der Waals surface area (Å²) in [5, 5.41) is 1.99. The van der Waals surface area contributed by atoms with Crippen LogP contribution in [0, 0.1) is 0 Å². The van der Waals surface area contributed by atoms with E-state index < -0.39 is 24.3 Å². The number of alkyl halides is 4. The predicted octanol–water partition coefficient (Wildman–Crippen LogP) is 1.49. The maximum Gasteiger partial charge on any atom is 0.383 e. The van der Waals surface area contributed by atoms with Gasteiger partial charge in [-0.1, -0.05) is 6.92 Å². The van der Waals surface area contributed by atoms with Gasteiger partial charge in [-0.05, 0) is 19.4 Å². The fourth-order valence-corrected chi connectivity index (χ4v) is 1.77. The SMILES string of the molecule is CCN1CCC(NC(=O)C(F)(F)C(F)F)CC1. The first-order chi connectivity index (χ1) is 7.87. The van der Waals surface area contributed by atoms with Gasteiger partial charge in [-0.3, -0.25) is 4.79 Å². The van der Waals surface area contributed by atoms with Crippen molar-refractivity contribution in [2.45, 2.75) is 38.2 Å². The van der Waals surface area contributed by atoms with Crippen molar-refractivity contribution in [2.75, 3.05) is 19.6 Å². The molecule has 100 valence electrons. The molecule has 0 spiro atoms. The Morgan fingerprint density at radius 3 is 2.35 bits per heavy atom. The normalized spacial score (nSPS) is 19.6. The van der Waals surface area contributed by atoms with Gasteiger partial charge in [0, 0.05) is 19.1 Å². The van der Waals surface area contributed by atoms with Crippen molar-refractivity contribution < 1.29 is 22.4 Å².